The number of ether oxygens (including phenoxy) is 3. The molecule has 1 aromatic heterocycles. The Kier molecular flexibility index (Phi) is 5.58. The van der Waals surface area contributed by atoms with E-state index in [9.17, 15) is 0 Å². The van der Waals surface area contributed by atoms with E-state index in [1.54, 1.807) is 26.4 Å². The SMILES string of the molecule is CCOc1ccccc1CNc1nc(-c2ccc(OC)c(OC)c2)no1. The van der Waals surface area contributed by atoms with Crippen LogP contribution in [0.1, 0.15) is 12.5 Å². The highest BCUT2D eigenvalue weighted by molar-refractivity contribution is 5.61. The number of nitrogens with zero attached hydrogens (tertiary/aromatic N) is 2. The van der Waals surface area contributed by atoms with Crippen molar-refractivity contribution < 1.29 is 18.7 Å². The monoisotopic (exact) mass is 355 g/mol. The molecule has 7 heteroatoms. The van der Waals surface area contributed by atoms with Crippen molar-refractivity contribution >= 4 is 6.01 Å². The van der Waals surface area contributed by atoms with Gasteiger partial charge in [-0.15, -0.1) is 0 Å². The summed E-state index contributed by atoms with van der Waals surface area (Å²) in [5, 5.41) is 7.14. The predicted molar refractivity (Wildman–Crippen MR) is 97.8 cm³/mol. The van der Waals surface area contributed by atoms with Gasteiger partial charge < -0.3 is 24.1 Å². The first kappa shape index (κ1) is 17.6. The van der Waals surface area contributed by atoms with Crippen LogP contribution in [-0.4, -0.2) is 31.0 Å². The lowest BCUT2D eigenvalue weighted by Gasteiger charge is -2.09. The van der Waals surface area contributed by atoms with Crippen LogP contribution in [0.2, 0.25) is 0 Å². The summed E-state index contributed by atoms with van der Waals surface area (Å²) in [4.78, 5) is 4.38. The standard InChI is InChI=1S/C19H21N3O4/c1-4-25-15-8-6-5-7-14(15)12-20-19-21-18(22-26-19)13-9-10-16(23-2)17(11-13)24-3/h5-11H,4,12H2,1-3H3,(H,20,21,22). The third-order valence-electron chi connectivity index (χ3n) is 3.77. The van der Waals surface area contributed by atoms with E-state index in [0.29, 0.717) is 36.5 Å². The van der Waals surface area contributed by atoms with E-state index in [1.807, 2.05) is 37.3 Å². The number of rotatable bonds is 8. The summed E-state index contributed by atoms with van der Waals surface area (Å²) in [7, 11) is 3.18. The molecule has 136 valence electrons. The number of hydrogen-bond donors (Lipinski definition) is 1. The molecule has 0 saturated carbocycles. The van der Waals surface area contributed by atoms with Crippen molar-refractivity contribution in [1.29, 1.82) is 0 Å². The molecule has 7 nitrogen and oxygen atoms in total. The summed E-state index contributed by atoms with van der Waals surface area (Å²) in [5.74, 6) is 2.55. The van der Waals surface area contributed by atoms with Crippen LogP contribution < -0.4 is 19.5 Å². The highest BCUT2D eigenvalue weighted by Crippen LogP contribution is 2.31. The molecule has 0 aliphatic heterocycles. The molecule has 0 saturated heterocycles. The van der Waals surface area contributed by atoms with Gasteiger partial charge in [0.2, 0.25) is 5.82 Å². The molecule has 1 heterocycles. The minimum absolute atomic E-state index is 0.334. The van der Waals surface area contributed by atoms with Crippen molar-refractivity contribution in [3.63, 3.8) is 0 Å². The lowest BCUT2D eigenvalue weighted by atomic mass is 10.2. The molecule has 0 aliphatic carbocycles. The van der Waals surface area contributed by atoms with E-state index < -0.39 is 0 Å². The van der Waals surface area contributed by atoms with Crippen LogP contribution in [0.25, 0.3) is 11.4 Å². The number of nitrogens with one attached hydrogen (secondary N) is 1. The summed E-state index contributed by atoms with van der Waals surface area (Å²) in [6, 6.07) is 13.6. The van der Waals surface area contributed by atoms with Gasteiger partial charge in [0.1, 0.15) is 5.75 Å². The van der Waals surface area contributed by atoms with Gasteiger partial charge in [0, 0.05) is 17.7 Å². The third-order valence-corrected chi connectivity index (χ3v) is 3.77. The van der Waals surface area contributed by atoms with Crippen molar-refractivity contribution in [3.8, 4) is 28.6 Å². The van der Waals surface area contributed by atoms with Gasteiger partial charge in [-0.1, -0.05) is 23.4 Å². The van der Waals surface area contributed by atoms with Gasteiger partial charge in [0.05, 0.1) is 20.8 Å². The average molecular weight is 355 g/mol. The molecule has 0 fully saturated rings. The molecule has 0 radical (unpaired) electrons. The maximum Gasteiger partial charge on any atom is 0.322 e. The van der Waals surface area contributed by atoms with E-state index >= 15 is 0 Å². The second-order valence-corrected chi connectivity index (χ2v) is 5.39. The first-order valence-corrected chi connectivity index (χ1v) is 8.25. The highest BCUT2D eigenvalue weighted by atomic mass is 16.5. The van der Waals surface area contributed by atoms with Crippen molar-refractivity contribution in [2.24, 2.45) is 0 Å². The smallest absolute Gasteiger partial charge is 0.322 e. The van der Waals surface area contributed by atoms with Gasteiger partial charge in [-0.3, -0.25) is 0 Å². The van der Waals surface area contributed by atoms with Crippen LogP contribution in [0.3, 0.4) is 0 Å². The number of benzene rings is 2. The summed E-state index contributed by atoms with van der Waals surface area (Å²) in [5.41, 5.74) is 1.79. The number of hydrogen-bond acceptors (Lipinski definition) is 7. The van der Waals surface area contributed by atoms with Crippen molar-refractivity contribution in [2.45, 2.75) is 13.5 Å². The second kappa shape index (κ2) is 8.24. The maximum atomic E-state index is 5.61. The lowest BCUT2D eigenvalue weighted by Crippen LogP contribution is -2.03. The molecule has 0 unspecified atom stereocenters. The molecule has 0 bridgehead atoms. The Balaban J connectivity index is 1.73. The second-order valence-electron chi connectivity index (χ2n) is 5.39. The Morgan fingerprint density at radius 2 is 1.81 bits per heavy atom. The first-order valence-electron chi connectivity index (χ1n) is 8.25. The minimum Gasteiger partial charge on any atom is -0.494 e. The van der Waals surface area contributed by atoms with E-state index in [-0.39, 0.29) is 0 Å². The van der Waals surface area contributed by atoms with Crippen LogP contribution in [0.5, 0.6) is 17.2 Å². The minimum atomic E-state index is 0.334. The fourth-order valence-electron chi connectivity index (χ4n) is 2.50. The molecule has 0 amide bonds. The molecule has 2 aromatic carbocycles. The first-order chi connectivity index (χ1) is 12.7. The zero-order chi connectivity index (χ0) is 18.4. The molecule has 0 spiro atoms. The largest absolute Gasteiger partial charge is 0.494 e. The fourth-order valence-corrected chi connectivity index (χ4v) is 2.50. The van der Waals surface area contributed by atoms with Crippen molar-refractivity contribution in [1.82, 2.24) is 10.1 Å². The summed E-state index contributed by atoms with van der Waals surface area (Å²) >= 11 is 0. The molecular formula is C19H21N3O4. The summed E-state index contributed by atoms with van der Waals surface area (Å²) in [6.45, 7) is 3.09. The zero-order valence-corrected chi connectivity index (χ0v) is 15.0. The Hall–Kier alpha value is -3.22. The van der Waals surface area contributed by atoms with Gasteiger partial charge in [-0.2, -0.15) is 4.98 Å². The van der Waals surface area contributed by atoms with Gasteiger partial charge in [0.25, 0.3) is 0 Å². The quantitative estimate of drug-likeness (QED) is 0.659. The summed E-state index contributed by atoms with van der Waals surface area (Å²) in [6.07, 6.45) is 0. The van der Waals surface area contributed by atoms with Crippen LogP contribution in [0, 0.1) is 0 Å². The predicted octanol–water partition coefficient (Wildman–Crippen LogP) is 3.76. The van der Waals surface area contributed by atoms with Crippen LogP contribution in [0.15, 0.2) is 47.0 Å². The van der Waals surface area contributed by atoms with E-state index in [1.165, 1.54) is 0 Å². The number of aromatic nitrogens is 2. The third kappa shape index (κ3) is 3.88. The Morgan fingerprint density at radius 3 is 2.58 bits per heavy atom. The van der Waals surface area contributed by atoms with E-state index in [4.69, 9.17) is 18.7 Å². The molecule has 0 atom stereocenters. The van der Waals surface area contributed by atoms with Gasteiger partial charge >= 0.3 is 6.01 Å². The molecule has 3 aromatic rings. The lowest BCUT2D eigenvalue weighted by molar-refractivity contribution is 0.337. The van der Waals surface area contributed by atoms with E-state index in [2.05, 4.69) is 15.5 Å². The zero-order valence-electron chi connectivity index (χ0n) is 15.0. The molecule has 0 aliphatic rings. The Morgan fingerprint density at radius 1 is 1.00 bits per heavy atom. The number of para-hydroxylation sites is 1. The topological polar surface area (TPSA) is 78.6 Å². The number of anilines is 1. The van der Waals surface area contributed by atoms with Gasteiger partial charge in [0.15, 0.2) is 11.5 Å². The van der Waals surface area contributed by atoms with Crippen LogP contribution in [-0.2, 0) is 6.54 Å². The van der Waals surface area contributed by atoms with E-state index in [0.717, 1.165) is 16.9 Å². The fraction of sp³-hybridized carbons (Fsp3) is 0.263. The molecule has 3 rings (SSSR count). The van der Waals surface area contributed by atoms with Crippen molar-refractivity contribution in [3.05, 3.63) is 48.0 Å². The molecule has 26 heavy (non-hydrogen) atoms. The molecule has 1 N–H and O–H groups in total. The normalized spacial score (nSPS) is 10.4. The molecular weight excluding hydrogens is 334 g/mol. The maximum absolute atomic E-state index is 5.61. The average Bonchev–Trinajstić information content (AvgIpc) is 3.16. The Bertz CT molecular complexity index is 863. The summed E-state index contributed by atoms with van der Waals surface area (Å²) < 4.78 is 21.4. The van der Waals surface area contributed by atoms with Crippen LogP contribution in [0.4, 0.5) is 6.01 Å². The Labute approximate surface area is 151 Å². The van der Waals surface area contributed by atoms with Gasteiger partial charge in [-0.05, 0) is 31.2 Å². The number of methoxy groups -OCH3 is 2. The highest BCUT2D eigenvalue weighted by Gasteiger charge is 2.12. The van der Waals surface area contributed by atoms with Crippen molar-refractivity contribution in [2.75, 3.05) is 26.1 Å². The van der Waals surface area contributed by atoms with Crippen LogP contribution >= 0.6 is 0 Å². The van der Waals surface area contributed by atoms with Gasteiger partial charge in [-0.25, -0.2) is 0 Å².